The highest BCUT2D eigenvalue weighted by Crippen LogP contribution is 2.15. The average molecular weight is 212 g/mol. The summed E-state index contributed by atoms with van der Waals surface area (Å²) in [6.45, 7) is 3.49. The Kier molecular flexibility index (Phi) is 3.59. The summed E-state index contributed by atoms with van der Waals surface area (Å²) in [6, 6.07) is 0. The van der Waals surface area contributed by atoms with Crippen molar-refractivity contribution in [2.75, 3.05) is 33.3 Å². The van der Waals surface area contributed by atoms with E-state index in [4.69, 9.17) is 4.74 Å². The third-order valence-corrected chi connectivity index (χ3v) is 3.29. The van der Waals surface area contributed by atoms with Crippen LogP contribution >= 0.6 is 0 Å². The summed E-state index contributed by atoms with van der Waals surface area (Å²) in [7, 11) is 2.06. The Hall–Kier alpha value is -0.610. The minimum Gasteiger partial charge on any atom is -0.376 e. The van der Waals surface area contributed by atoms with Gasteiger partial charge in [-0.05, 0) is 32.9 Å². The summed E-state index contributed by atoms with van der Waals surface area (Å²) < 4.78 is 5.46. The third-order valence-electron chi connectivity index (χ3n) is 3.29. The second-order valence-corrected chi connectivity index (χ2v) is 4.63. The maximum absolute atomic E-state index is 11.8. The summed E-state index contributed by atoms with van der Waals surface area (Å²) in [5, 5.41) is 3.00. The molecule has 2 unspecified atom stereocenters. The van der Waals surface area contributed by atoms with Gasteiger partial charge < -0.3 is 15.0 Å². The Bertz CT molecular complexity index is 227. The Morgan fingerprint density at radius 2 is 2.40 bits per heavy atom. The number of ether oxygens (including phenoxy) is 1. The number of likely N-dealkylation sites (tertiary alicyclic amines) is 1. The smallest absolute Gasteiger partial charge is 0.224 e. The first-order chi connectivity index (χ1) is 7.25. The lowest BCUT2D eigenvalue weighted by Gasteiger charge is -2.14. The Labute approximate surface area is 91.0 Å². The molecule has 4 heteroatoms. The van der Waals surface area contributed by atoms with E-state index in [1.54, 1.807) is 0 Å². The molecule has 0 aromatic carbocycles. The molecule has 4 nitrogen and oxygen atoms in total. The van der Waals surface area contributed by atoms with Crippen LogP contribution in [0.25, 0.3) is 0 Å². The number of carbonyl (C=O) groups excluding carboxylic acids is 1. The van der Waals surface area contributed by atoms with Crippen molar-refractivity contribution in [3.8, 4) is 0 Å². The van der Waals surface area contributed by atoms with Gasteiger partial charge in [0, 0.05) is 19.7 Å². The fourth-order valence-corrected chi connectivity index (χ4v) is 2.31. The zero-order chi connectivity index (χ0) is 10.7. The lowest BCUT2D eigenvalue weighted by Crippen LogP contribution is -2.37. The third kappa shape index (κ3) is 2.92. The SMILES string of the molecule is CN1CCC(C(=O)NCC2CCCO2)C1. The largest absolute Gasteiger partial charge is 0.376 e. The van der Waals surface area contributed by atoms with E-state index in [9.17, 15) is 4.79 Å². The van der Waals surface area contributed by atoms with E-state index in [-0.39, 0.29) is 17.9 Å². The Morgan fingerprint density at radius 3 is 3.00 bits per heavy atom. The van der Waals surface area contributed by atoms with Crippen molar-refractivity contribution >= 4 is 5.91 Å². The number of hydrogen-bond donors (Lipinski definition) is 1. The highest BCUT2D eigenvalue weighted by Gasteiger charge is 2.26. The molecule has 0 aromatic heterocycles. The monoisotopic (exact) mass is 212 g/mol. The van der Waals surface area contributed by atoms with Gasteiger partial charge in [0.25, 0.3) is 0 Å². The van der Waals surface area contributed by atoms with Crippen molar-refractivity contribution in [1.29, 1.82) is 0 Å². The molecular formula is C11H20N2O2. The van der Waals surface area contributed by atoms with Crippen LogP contribution < -0.4 is 5.32 Å². The standard InChI is InChI=1S/C11H20N2O2/c1-13-5-4-9(8-13)11(14)12-7-10-3-2-6-15-10/h9-10H,2-8H2,1H3,(H,12,14). The van der Waals surface area contributed by atoms with Crippen LogP contribution in [-0.4, -0.2) is 50.2 Å². The summed E-state index contributed by atoms with van der Waals surface area (Å²) in [5.41, 5.74) is 0. The fourth-order valence-electron chi connectivity index (χ4n) is 2.31. The van der Waals surface area contributed by atoms with Gasteiger partial charge in [0.1, 0.15) is 0 Å². The molecule has 0 aromatic rings. The molecule has 1 N–H and O–H groups in total. The minimum atomic E-state index is 0.191. The van der Waals surface area contributed by atoms with Crippen molar-refractivity contribution in [2.24, 2.45) is 5.92 Å². The van der Waals surface area contributed by atoms with Gasteiger partial charge in [-0.3, -0.25) is 4.79 Å². The number of amides is 1. The quantitative estimate of drug-likeness (QED) is 0.728. The lowest BCUT2D eigenvalue weighted by molar-refractivity contribution is -0.125. The van der Waals surface area contributed by atoms with Gasteiger partial charge in [-0.25, -0.2) is 0 Å². The Morgan fingerprint density at radius 1 is 1.53 bits per heavy atom. The number of hydrogen-bond acceptors (Lipinski definition) is 3. The van der Waals surface area contributed by atoms with E-state index in [0.717, 1.165) is 39.0 Å². The van der Waals surface area contributed by atoms with Gasteiger partial charge in [-0.2, -0.15) is 0 Å². The van der Waals surface area contributed by atoms with Crippen molar-refractivity contribution in [1.82, 2.24) is 10.2 Å². The molecule has 0 saturated carbocycles. The van der Waals surface area contributed by atoms with E-state index < -0.39 is 0 Å². The first kappa shape index (κ1) is 10.9. The first-order valence-corrected chi connectivity index (χ1v) is 5.83. The molecule has 2 aliphatic heterocycles. The van der Waals surface area contributed by atoms with E-state index in [2.05, 4.69) is 17.3 Å². The number of nitrogens with one attached hydrogen (secondary N) is 1. The maximum atomic E-state index is 11.8. The molecule has 0 bridgehead atoms. The molecule has 2 fully saturated rings. The predicted molar refractivity (Wildman–Crippen MR) is 57.6 cm³/mol. The van der Waals surface area contributed by atoms with Crippen LogP contribution in [0.15, 0.2) is 0 Å². The van der Waals surface area contributed by atoms with Crippen molar-refractivity contribution < 1.29 is 9.53 Å². The van der Waals surface area contributed by atoms with Crippen molar-refractivity contribution in [2.45, 2.75) is 25.4 Å². The zero-order valence-electron chi connectivity index (χ0n) is 9.37. The lowest BCUT2D eigenvalue weighted by atomic mass is 10.1. The molecule has 2 heterocycles. The molecule has 2 aliphatic rings. The molecule has 2 atom stereocenters. The van der Waals surface area contributed by atoms with E-state index >= 15 is 0 Å². The number of rotatable bonds is 3. The van der Waals surface area contributed by atoms with Crippen LogP contribution in [0.1, 0.15) is 19.3 Å². The maximum Gasteiger partial charge on any atom is 0.224 e. The van der Waals surface area contributed by atoms with Crippen LogP contribution in [-0.2, 0) is 9.53 Å². The van der Waals surface area contributed by atoms with Crippen molar-refractivity contribution in [3.05, 3.63) is 0 Å². The average Bonchev–Trinajstić information content (AvgIpc) is 2.84. The van der Waals surface area contributed by atoms with E-state index in [0.29, 0.717) is 6.54 Å². The number of nitrogens with zero attached hydrogens (tertiary/aromatic N) is 1. The van der Waals surface area contributed by atoms with Gasteiger partial charge in [-0.1, -0.05) is 0 Å². The van der Waals surface area contributed by atoms with Gasteiger partial charge in [0.05, 0.1) is 12.0 Å². The molecule has 0 spiro atoms. The highest BCUT2D eigenvalue weighted by molar-refractivity contribution is 5.79. The van der Waals surface area contributed by atoms with Crippen LogP contribution in [0.4, 0.5) is 0 Å². The molecule has 2 rings (SSSR count). The van der Waals surface area contributed by atoms with E-state index in [1.807, 2.05) is 0 Å². The fraction of sp³-hybridized carbons (Fsp3) is 0.909. The molecule has 0 radical (unpaired) electrons. The number of carbonyl (C=O) groups is 1. The van der Waals surface area contributed by atoms with Gasteiger partial charge in [0.2, 0.25) is 5.91 Å². The molecule has 2 saturated heterocycles. The first-order valence-electron chi connectivity index (χ1n) is 5.83. The normalized spacial score (nSPS) is 32.1. The van der Waals surface area contributed by atoms with Gasteiger partial charge >= 0.3 is 0 Å². The van der Waals surface area contributed by atoms with Crippen LogP contribution in [0.5, 0.6) is 0 Å². The van der Waals surface area contributed by atoms with Crippen LogP contribution in [0.2, 0.25) is 0 Å². The Balaban J connectivity index is 1.67. The molecular weight excluding hydrogens is 192 g/mol. The van der Waals surface area contributed by atoms with E-state index in [1.165, 1.54) is 0 Å². The molecule has 0 aliphatic carbocycles. The summed E-state index contributed by atoms with van der Waals surface area (Å²) >= 11 is 0. The molecule has 15 heavy (non-hydrogen) atoms. The second-order valence-electron chi connectivity index (χ2n) is 4.63. The van der Waals surface area contributed by atoms with Crippen LogP contribution in [0.3, 0.4) is 0 Å². The van der Waals surface area contributed by atoms with Gasteiger partial charge in [-0.15, -0.1) is 0 Å². The highest BCUT2D eigenvalue weighted by atomic mass is 16.5. The minimum absolute atomic E-state index is 0.191. The molecule has 86 valence electrons. The van der Waals surface area contributed by atoms with Crippen LogP contribution in [0, 0.1) is 5.92 Å². The predicted octanol–water partition coefficient (Wildman–Crippen LogP) is 0.233. The summed E-state index contributed by atoms with van der Waals surface area (Å²) in [4.78, 5) is 14.0. The topological polar surface area (TPSA) is 41.6 Å². The molecule has 1 amide bonds. The zero-order valence-corrected chi connectivity index (χ0v) is 9.37. The second kappa shape index (κ2) is 4.94. The summed E-state index contributed by atoms with van der Waals surface area (Å²) in [6.07, 6.45) is 3.47. The van der Waals surface area contributed by atoms with Crippen molar-refractivity contribution in [3.63, 3.8) is 0 Å². The van der Waals surface area contributed by atoms with Gasteiger partial charge in [0.15, 0.2) is 0 Å². The summed E-state index contributed by atoms with van der Waals surface area (Å²) in [5.74, 6) is 0.395.